The Morgan fingerprint density at radius 3 is 2.38 bits per heavy atom. The number of ether oxygens (including phenoxy) is 1. The van der Waals surface area contributed by atoms with Gasteiger partial charge in [-0.3, -0.25) is 4.79 Å². The lowest BCUT2D eigenvalue weighted by Crippen LogP contribution is -2.18. The molecule has 0 saturated carbocycles. The smallest absolute Gasteiger partial charge is 0.354 e. The molecule has 1 aromatic rings. The zero-order chi connectivity index (χ0) is 12.5. The van der Waals surface area contributed by atoms with Crippen LogP contribution in [0.25, 0.3) is 0 Å². The minimum absolute atomic E-state index is 0.142. The van der Waals surface area contributed by atoms with Gasteiger partial charge in [0, 0.05) is 18.8 Å². The number of carbonyl (C=O) groups is 2. The monoisotopic (exact) mass is 283 g/mol. The summed E-state index contributed by atoms with van der Waals surface area (Å²) in [5.74, 6) is -1.26. The molecule has 0 unspecified atom stereocenters. The molecule has 0 spiro atoms. The molecule has 0 aliphatic rings. The largest absolute Gasteiger partial charge is 0.464 e. The van der Waals surface area contributed by atoms with Gasteiger partial charge in [-0.05, 0) is 6.07 Å². The van der Waals surface area contributed by atoms with E-state index in [2.05, 4.69) is 4.74 Å². The molecule has 0 aliphatic carbocycles. The van der Waals surface area contributed by atoms with Crippen molar-refractivity contribution in [1.82, 2.24) is 4.57 Å². The molecule has 1 rings (SSSR count). The highest BCUT2D eigenvalue weighted by molar-refractivity contribution is 6.77. The summed E-state index contributed by atoms with van der Waals surface area (Å²) in [5, 5.41) is 0. The van der Waals surface area contributed by atoms with Crippen molar-refractivity contribution in [2.24, 2.45) is 7.05 Å². The summed E-state index contributed by atoms with van der Waals surface area (Å²) in [6.45, 7) is 0. The molecule has 88 valence electrons. The van der Waals surface area contributed by atoms with Crippen LogP contribution < -0.4 is 0 Å². The van der Waals surface area contributed by atoms with Crippen LogP contribution in [0.2, 0.25) is 0 Å². The van der Waals surface area contributed by atoms with Gasteiger partial charge in [0.05, 0.1) is 7.11 Å². The Labute approximate surface area is 107 Å². The Kier molecular flexibility index (Phi) is 3.88. The number of alkyl halides is 3. The summed E-state index contributed by atoms with van der Waals surface area (Å²) in [5.41, 5.74) is 0.350. The number of hydrogen-bond donors (Lipinski definition) is 0. The summed E-state index contributed by atoms with van der Waals surface area (Å²) in [6, 6.07) is 1.32. The Hall–Kier alpha value is -0.710. The molecular formula is C9H8Cl3NO3. The average molecular weight is 285 g/mol. The molecule has 7 heteroatoms. The van der Waals surface area contributed by atoms with E-state index < -0.39 is 15.5 Å². The van der Waals surface area contributed by atoms with Gasteiger partial charge < -0.3 is 9.30 Å². The zero-order valence-electron chi connectivity index (χ0n) is 8.46. The van der Waals surface area contributed by atoms with Gasteiger partial charge in [-0.15, -0.1) is 0 Å². The highest BCUT2D eigenvalue weighted by Gasteiger charge is 2.33. The first-order chi connectivity index (χ1) is 7.27. The number of aryl methyl sites for hydroxylation is 1. The molecule has 1 aromatic heterocycles. The number of esters is 1. The van der Waals surface area contributed by atoms with Crippen LogP contribution in [0, 0.1) is 0 Å². The molecule has 0 atom stereocenters. The lowest BCUT2D eigenvalue weighted by Gasteiger charge is -2.06. The first kappa shape index (κ1) is 13.4. The number of rotatable bonds is 2. The van der Waals surface area contributed by atoms with Gasteiger partial charge in [0.15, 0.2) is 0 Å². The number of halogens is 3. The van der Waals surface area contributed by atoms with Crippen LogP contribution in [0.1, 0.15) is 20.8 Å². The summed E-state index contributed by atoms with van der Waals surface area (Å²) in [4.78, 5) is 22.8. The Bertz CT molecular complexity index is 434. The van der Waals surface area contributed by atoms with Gasteiger partial charge in [0.1, 0.15) is 5.69 Å². The molecule has 0 saturated heterocycles. The van der Waals surface area contributed by atoms with E-state index in [0.29, 0.717) is 0 Å². The second-order valence-electron chi connectivity index (χ2n) is 3.04. The Morgan fingerprint density at radius 1 is 1.38 bits per heavy atom. The number of methoxy groups -OCH3 is 1. The van der Waals surface area contributed by atoms with Gasteiger partial charge >= 0.3 is 5.97 Å². The highest BCUT2D eigenvalue weighted by Crippen LogP contribution is 2.30. The highest BCUT2D eigenvalue weighted by atomic mass is 35.6. The summed E-state index contributed by atoms with van der Waals surface area (Å²) < 4.78 is 3.92. The minimum Gasteiger partial charge on any atom is -0.464 e. The summed E-state index contributed by atoms with van der Waals surface area (Å²) in [7, 11) is 2.83. The van der Waals surface area contributed by atoms with Gasteiger partial charge in [-0.25, -0.2) is 4.79 Å². The molecule has 0 radical (unpaired) electrons. The van der Waals surface area contributed by atoms with Crippen LogP contribution in [0.4, 0.5) is 0 Å². The SMILES string of the molecule is COC(=O)c1cc(C(=O)C(Cl)(Cl)Cl)cn1C. The van der Waals surface area contributed by atoms with Crippen LogP contribution >= 0.6 is 34.8 Å². The third-order valence-electron chi connectivity index (χ3n) is 1.92. The van der Waals surface area contributed by atoms with E-state index in [4.69, 9.17) is 34.8 Å². The molecule has 0 N–H and O–H groups in total. The molecule has 0 aliphatic heterocycles. The van der Waals surface area contributed by atoms with Crippen molar-refractivity contribution in [2.45, 2.75) is 3.79 Å². The van der Waals surface area contributed by atoms with Crippen molar-refractivity contribution < 1.29 is 14.3 Å². The van der Waals surface area contributed by atoms with Crippen molar-refractivity contribution in [3.63, 3.8) is 0 Å². The third-order valence-corrected chi connectivity index (χ3v) is 2.43. The van der Waals surface area contributed by atoms with Crippen molar-refractivity contribution in [3.05, 3.63) is 23.5 Å². The van der Waals surface area contributed by atoms with E-state index >= 15 is 0 Å². The second-order valence-corrected chi connectivity index (χ2v) is 5.32. The third kappa shape index (κ3) is 2.70. The van der Waals surface area contributed by atoms with E-state index in [9.17, 15) is 9.59 Å². The maximum atomic E-state index is 11.6. The molecule has 16 heavy (non-hydrogen) atoms. The molecule has 1 heterocycles. The maximum absolute atomic E-state index is 11.6. The number of ketones is 1. The Morgan fingerprint density at radius 2 is 1.94 bits per heavy atom. The molecular weight excluding hydrogens is 276 g/mol. The van der Waals surface area contributed by atoms with Crippen LogP contribution in [0.3, 0.4) is 0 Å². The van der Waals surface area contributed by atoms with E-state index in [-0.39, 0.29) is 11.3 Å². The normalized spacial score (nSPS) is 11.3. The fourth-order valence-corrected chi connectivity index (χ4v) is 1.49. The van der Waals surface area contributed by atoms with Crippen LogP contribution in [-0.2, 0) is 11.8 Å². The lowest BCUT2D eigenvalue weighted by molar-refractivity contribution is 0.0590. The van der Waals surface area contributed by atoms with Crippen molar-refractivity contribution in [2.75, 3.05) is 7.11 Å². The Balaban J connectivity index is 3.11. The fraction of sp³-hybridized carbons (Fsp3) is 0.333. The van der Waals surface area contributed by atoms with Crippen LogP contribution in [0.15, 0.2) is 12.3 Å². The molecule has 0 bridgehead atoms. The topological polar surface area (TPSA) is 48.3 Å². The second kappa shape index (κ2) is 4.65. The number of carbonyl (C=O) groups excluding carboxylic acids is 2. The van der Waals surface area contributed by atoms with E-state index in [0.717, 1.165) is 0 Å². The van der Waals surface area contributed by atoms with E-state index in [1.54, 1.807) is 7.05 Å². The van der Waals surface area contributed by atoms with E-state index in [1.165, 1.54) is 23.9 Å². The maximum Gasteiger partial charge on any atom is 0.354 e. The lowest BCUT2D eigenvalue weighted by atomic mass is 10.2. The average Bonchev–Trinajstić information content (AvgIpc) is 2.56. The predicted octanol–water partition coefficient (Wildman–Crippen LogP) is 2.36. The number of aromatic nitrogens is 1. The number of Topliss-reactive ketones (excluding diaryl/α,β-unsaturated/α-hetero) is 1. The van der Waals surface area contributed by atoms with E-state index in [1.807, 2.05) is 0 Å². The first-order valence-corrected chi connectivity index (χ1v) is 5.27. The minimum atomic E-state index is -2.03. The zero-order valence-corrected chi connectivity index (χ0v) is 10.7. The van der Waals surface area contributed by atoms with Gasteiger partial charge in [-0.1, -0.05) is 34.8 Å². The fourth-order valence-electron chi connectivity index (χ4n) is 1.16. The van der Waals surface area contributed by atoms with Crippen LogP contribution in [0.5, 0.6) is 0 Å². The number of hydrogen-bond acceptors (Lipinski definition) is 3. The standard InChI is InChI=1S/C9H8Cl3NO3/c1-13-4-5(7(14)9(10,11)12)3-6(13)8(15)16-2/h3-4H,1-2H3. The molecule has 0 amide bonds. The van der Waals surface area contributed by atoms with Crippen molar-refractivity contribution in [3.8, 4) is 0 Å². The van der Waals surface area contributed by atoms with Gasteiger partial charge in [0.2, 0.25) is 5.78 Å². The molecule has 0 aromatic carbocycles. The summed E-state index contributed by atoms with van der Waals surface area (Å²) >= 11 is 16.3. The van der Waals surface area contributed by atoms with Gasteiger partial charge in [0.25, 0.3) is 3.79 Å². The first-order valence-electron chi connectivity index (χ1n) is 4.13. The summed E-state index contributed by atoms with van der Waals surface area (Å²) in [6.07, 6.45) is 1.40. The molecule has 4 nitrogen and oxygen atoms in total. The predicted molar refractivity (Wildman–Crippen MR) is 61.4 cm³/mol. The quantitative estimate of drug-likeness (QED) is 0.476. The van der Waals surface area contributed by atoms with Crippen LogP contribution in [-0.4, -0.2) is 27.2 Å². The number of nitrogens with zero attached hydrogens (tertiary/aromatic N) is 1. The van der Waals surface area contributed by atoms with Gasteiger partial charge in [-0.2, -0.15) is 0 Å². The van der Waals surface area contributed by atoms with Crippen molar-refractivity contribution in [1.29, 1.82) is 0 Å². The van der Waals surface area contributed by atoms with Crippen molar-refractivity contribution >= 4 is 46.6 Å². The molecule has 0 fully saturated rings.